The second-order valence-electron chi connectivity index (χ2n) is 6.31. The Morgan fingerprint density at radius 2 is 1.78 bits per heavy atom. The molecule has 27 heavy (non-hydrogen) atoms. The average Bonchev–Trinajstić information content (AvgIpc) is 2.61. The Hall–Kier alpha value is -1.000. The lowest BCUT2D eigenvalue weighted by Gasteiger charge is -2.26. The summed E-state index contributed by atoms with van der Waals surface area (Å²) < 4.78 is 33.7. The maximum atomic E-state index is 14.1. The molecule has 0 heterocycles. The van der Waals surface area contributed by atoms with Gasteiger partial charge in [-0.2, -0.15) is 0 Å². The number of ether oxygens (including phenoxy) is 1. The van der Waals surface area contributed by atoms with Gasteiger partial charge in [0.05, 0.1) is 6.04 Å². The average molecular weight is 498 g/mol. The van der Waals surface area contributed by atoms with Crippen molar-refractivity contribution in [3.05, 3.63) is 35.4 Å². The maximum absolute atomic E-state index is 14.1. The number of benzene rings is 1. The van der Waals surface area contributed by atoms with Gasteiger partial charge in [0, 0.05) is 38.9 Å². The first-order valence-corrected chi connectivity index (χ1v) is 9.13. The highest BCUT2D eigenvalue weighted by atomic mass is 127. The Kier molecular flexibility index (Phi) is 14.4. The van der Waals surface area contributed by atoms with Crippen LogP contribution in [0.15, 0.2) is 23.2 Å². The van der Waals surface area contributed by atoms with Crippen LogP contribution in [0.2, 0.25) is 0 Å². The molecule has 0 bridgehead atoms. The molecule has 0 fully saturated rings. The van der Waals surface area contributed by atoms with Gasteiger partial charge in [-0.05, 0) is 39.1 Å². The maximum Gasteiger partial charge on any atom is 0.191 e. The molecule has 0 aromatic heterocycles. The van der Waals surface area contributed by atoms with Gasteiger partial charge in [-0.1, -0.05) is 19.4 Å². The molecule has 8 heteroatoms. The number of rotatable bonds is 11. The van der Waals surface area contributed by atoms with Crippen molar-refractivity contribution in [2.24, 2.45) is 4.99 Å². The SMILES string of the molecule is CCCCOCCCNC(=NC)NCC(c1c(F)cccc1F)N(C)C.I. The quantitative estimate of drug-likeness (QED) is 0.212. The van der Waals surface area contributed by atoms with Crippen LogP contribution in [0.3, 0.4) is 0 Å². The van der Waals surface area contributed by atoms with Crippen LogP contribution < -0.4 is 10.6 Å². The smallest absolute Gasteiger partial charge is 0.191 e. The number of hydrogen-bond donors (Lipinski definition) is 2. The van der Waals surface area contributed by atoms with E-state index in [2.05, 4.69) is 22.5 Å². The summed E-state index contributed by atoms with van der Waals surface area (Å²) in [5.74, 6) is -0.488. The summed E-state index contributed by atoms with van der Waals surface area (Å²) in [7, 11) is 5.26. The molecule has 0 aliphatic heterocycles. The summed E-state index contributed by atoms with van der Waals surface area (Å²) in [4.78, 5) is 5.93. The van der Waals surface area contributed by atoms with Gasteiger partial charge in [-0.25, -0.2) is 8.78 Å². The van der Waals surface area contributed by atoms with Crippen molar-refractivity contribution in [1.29, 1.82) is 0 Å². The second-order valence-corrected chi connectivity index (χ2v) is 6.31. The molecule has 1 aromatic rings. The molecule has 0 saturated carbocycles. The molecule has 1 unspecified atom stereocenters. The number of nitrogens with one attached hydrogen (secondary N) is 2. The molecule has 1 atom stereocenters. The number of hydrogen-bond acceptors (Lipinski definition) is 3. The molecule has 0 spiro atoms. The summed E-state index contributed by atoms with van der Waals surface area (Å²) in [5, 5.41) is 6.33. The summed E-state index contributed by atoms with van der Waals surface area (Å²) >= 11 is 0. The molecule has 2 N–H and O–H groups in total. The number of aliphatic imine (C=N–C) groups is 1. The fraction of sp³-hybridized carbons (Fsp3) is 0.632. The Morgan fingerprint density at radius 1 is 1.15 bits per heavy atom. The van der Waals surface area contributed by atoms with E-state index in [-0.39, 0.29) is 29.5 Å². The van der Waals surface area contributed by atoms with Gasteiger partial charge in [-0.15, -0.1) is 24.0 Å². The zero-order chi connectivity index (χ0) is 19.4. The largest absolute Gasteiger partial charge is 0.381 e. The minimum atomic E-state index is -0.544. The van der Waals surface area contributed by atoms with E-state index >= 15 is 0 Å². The van der Waals surface area contributed by atoms with E-state index in [9.17, 15) is 8.78 Å². The van der Waals surface area contributed by atoms with Crippen molar-refractivity contribution in [2.75, 3.05) is 47.4 Å². The minimum Gasteiger partial charge on any atom is -0.381 e. The Morgan fingerprint density at radius 3 is 2.33 bits per heavy atom. The Labute approximate surface area is 179 Å². The summed E-state index contributed by atoms with van der Waals surface area (Å²) in [5.41, 5.74) is 0.0600. The van der Waals surface area contributed by atoms with E-state index in [1.165, 1.54) is 18.2 Å². The Balaban J connectivity index is 0.00000676. The van der Waals surface area contributed by atoms with Crippen molar-refractivity contribution in [3.63, 3.8) is 0 Å². The van der Waals surface area contributed by atoms with Gasteiger partial charge in [0.15, 0.2) is 5.96 Å². The van der Waals surface area contributed by atoms with Crippen LogP contribution in [0.4, 0.5) is 8.78 Å². The van der Waals surface area contributed by atoms with E-state index in [4.69, 9.17) is 4.74 Å². The van der Waals surface area contributed by atoms with E-state index in [1.54, 1.807) is 26.0 Å². The van der Waals surface area contributed by atoms with E-state index in [1.807, 2.05) is 0 Å². The lowest BCUT2D eigenvalue weighted by atomic mass is 10.0. The minimum absolute atomic E-state index is 0. The van der Waals surface area contributed by atoms with Crippen LogP contribution in [0, 0.1) is 11.6 Å². The molecule has 0 saturated heterocycles. The van der Waals surface area contributed by atoms with E-state index in [0.29, 0.717) is 25.7 Å². The lowest BCUT2D eigenvalue weighted by molar-refractivity contribution is 0.129. The monoisotopic (exact) mass is 498 g/mol. The van der Waals surface area contributed by atoms with E-state index < -0.39 is 17.7 Å². The topological polar surface area (TPSA) is 48.9 Å². The van der Waals surface area contributed by atoms with Gasteiger partial charge < -0.3 is 20.3 Å². The summed E-state index contributed by atoms with van der Waals surface area (Å²) in [6, 6.07) is 3.48. The molecular formula is C19H33F2IN4O. The van der Waals surface area contributed by atoms with Gasteiger partial charge >= 0.3 is 0 Å². The molecule has 0 aliphatic carbocycles. The first-order chi connectivity index (χ1) is 12.5. The van der Waals surface area contributed by atoms with E-state index in [0.717, 1.165) is 25.9 Å². The van der Waals surface area contributed by atoms with Crippen molar-refractivity contribution < 1.29 is 13.5 Å². The number of halogens is 3. The molecule has 0 radical (unpaired) electrons. The molecule has 156 valence electrons. The molecule has 1 aromatic carbocycles. The molecule has 0 amide bonds. The predicted octanol–water partition coefficient (Wildman–Crippen LogP) is 3.56. The highest BCUT2D eigenvalue weighted by molar-refractivity contribution is 14.0. The number of likely N-dealkylation sites (N-methyl/N-ethyl adjacent to an activating group) is 1. The zero-order valence-corrected chi connectivity index (χ0v) is 19.1. The van der Waals surface area contributed by atoms with Crippen LogP contribution >= 0.6 is 24.0 Å². The number of unbranched alkanes of at least 4 members (excludes halogenated alkanes) is 1. The van der Waals surface area contributed by atoms with Crippen molar-refractivity contribution in [2.45, 2.75) is 32.2 Å². The normalized spacial score (nSPS) is 12.6. The first kappa shape index (κ1) is 26.0. The van der Waals surface area contributed by atoms with Gasteiger partial charge in [0.2, 0.25) is 0 Å². The van der Waals surface area contributed by atoms with Crippen LogP contribution in [0.25, 0.3) is 0 Å². The van der Waals surface area contributed by atoms with Crippen molar-refractivity contribution >= 4 is 29.9 Å². The Bertz CT molecular complexity index is 538. The molecule has 1 rings (SSSR count). The predicted molar refractivity (Wildman–Crippen MR) is 118 cm³/mol. The first-order valence-electron chi connectivity index (χ1n) is 9.13. The number of guanidine groups is 1. The zero-order valence-electron chi connectivity index (χ0n) is 16.7. The van der Waals surface area contributed by atoms with Gasteiger partial charge in [0.25, 0.3) is 0 Å². The van der Waals surface area contributed by atoms with Crippen LogP contribution in [0.1, 0.15) is 37.8 Å². The fourth-order valence-corrected chi connectivity index (χ4v) is 2.52. The van der Waals surface area contributed by atoms with Crippen molar-refractivity contribution in [1.82, 2.24) is 15.5 Å². The summed E-state index contributed by atoms with van der Waals surface area (Å²) in [6.45, 7) is 4.67. The standard InChI is InChI=1S/C19H32F2N4O.HI/c1-5-6-12-26-13-8-11-23-19(22-2)24-14-17(25(3)4)18-15(20)9-7-10-16(18)21;/h7,9-10,17H,5-6,8,11-14H2,1-4H3,(H2,22,23,24);1H. The van der Waals surface area contributed by atoms with Gasteiger partial charge in [-0.3, -0.25) is 4.99 Å². The third-order valence-corrected chi connectivity index (χ3v) is 4.04. The third-order valence-electron chi connectivity index (χ3n) is 4.04. The van der Waals surface area contributed by atoms with Crippen LogP contribution in [-0.4, -0.2) is 58.3 Å². The molecular weight excluding hydrogens is 465 g/mol. The van der Waals surface area contributed by atoms with Crippen LogP contribution in [-0.2, 0) is 4.74 Å². The van der Waals surface area contributed by atoms with Gasteiger partial charge in [0.1, 0.15) is 11.6 Å². The lowest BCUT2D eigenvalue weighted by Crippen LogP contribution is -2.42. The second kappa shape index (κ2) is 15.0. The fourth-order valence-electron chi connectivity index (χ4n) is 2.52. The highest BCUT2D eigenvalue weighted by Crippen LogP contribution is 2.23. The van der Waals surface area contributed by atoms with Crippen LogP contribution in [0.5, 0.6) is 0 Å². The molecule has 5 nitrogen and oxygen atoms in total. The highest BCUT2D eigenvalue weighted by Gasteiger charge is 2.22. The van der Waals surface area contributed by atoms with Crippen molar-refractivity contribution in [3.8, 4) is 0 Å². The number of nitrogens with zero attached hydrogens (tertiary/aromatic N) is 2. The molecule has 0 aliphatic rings. The summed E-state index contributed by atoms with van der Waals surface area (Å²) in [6.07, 6.45) is 3.07. The third kappa shape index (κ3) is 9.66.